The molecular formula is C16H29NO5Si. The van der Waals surface area contributed by atoms with Gasteiger partial charge in [0.05, 0.1) is 13.2 Å². The largest absolute Gasteiger partial charge is 0.467 e. The van der Waals surface area contributed by atoms with E-state index < -0.39 is 26.4 Å². The second-order valence-corrected chi connectivity index (χ2v) is 12.0. The Kier molecular flexibility index (Phi) is 6.41. The van der Waals surface area contributed by atoms with Crippen molar-refractivity contribution >= 4 is 20.4 Å². The van der Waals surface area contributed by atoms with Crippen LogP contribution in [0.3, 0.4) is 0 Å². The molecule has 1 heterocycles. The molecule has 7 heteroatoms. The van der Waals surface area contributed by atoms with Gasteiger partial charge in [0.15, 0.2) is 8.32 Å². The third kappa shape index (κ3) is 4.81. The Labute approximate surface area is 139 Å². The minimum absolute atomic E-state index is 0.0601. The summed E-state index contributed by atoms with van der Waals surface area (Å²) in [6.07, 6.45) is 1.20. The molecule has 0 bridgehead atoms. The van der Waals surface area contributed by atoms with Crippen LogP contribution < -0.4 is 0 Å². The Balaban J connectivity index is 2.85. The highest BCUT2D eigenvalue weighted by Crippen LogP contribution is 2.39. The van der Waals surface area contributed by atoms with Crippen LogP contribution in [0.4, 0.5) is 4.79 Å². The van der Waals surface area contributed by atoms with Gasteiger partial charge in [0.1, 0.15) is 12.6 Å². The van der Waals surface area contributed by atoms with Crippen LogP contribution in [0.2, 0.25) is 18.1 Å². The van der Waals surface area contributed by atoms with E-state index in [-0.39, 0.29) is 17.7 Å². The summed E-state index contributed by atoms with van der Waals surface area (Å²) in [5.74, 6) is -0.443. The molecule has 132 valence electrons. The number of carbonyl (C=O) groups excluding carboxylic acids is 2. The molecule has 0 unspecified atom stereocenters. The van der Waals surface area contributed by atoms with Crippen LogP contribution in [0.5, 0.6) is 0 Å². The minimum Gasteiger partial charge on any atom is -0.467 e. The van der Waals surface area contributed by atoms with Crippen molar-refractivity contribution in [2.75, 3.05) is 20.3 Å². The van der Waals surface area contributed by atoms with Crippen LogP contribution >= 0.6 is 0 Å². The predicted octanol–water partition coefficient (Wildman–Crippen LogP) is 2.95. The van der Waals surface area contributed by atoms with Crippen LogP contribution in [-0.2, 0) is 18.7 Å². The minimum atomic E-state index is -1.98. The van der Waals surface area contributed by atoms with Gasteiger partial charge in [-0.3, -0.25) is 4.90 Å². The SMILES string of the molecule is C=CCOC(=O)N1C[C@H](O[Si](C)(C)C(C)(C)C)C[C@H]1C(=O)OC. The number of carbonyl (C=O) groups is 2. The maximum absolute atomic E-state index is 12.1. The smallest absolute Gasteiger partial charge is 0.410 e. The fourth-order valence-electron chi connectivity index (χ4n) is 2.25. The topological polar surface area (TPSA) is 65.1 Å². The molecule has 0 radical (unpaired) electrons. The molecule has 2 atom stereocenters. The average molecular weight is 343 g/mol. The van der Waals surface area contributed by atoms with E-state index in [0.717, 1.165) is 0 Å². The molecule has 1 saturated heterocycles. The summed E-state index contributed by atoms with van der Waals surface area (Å²) >= 11 is 0. The van der Waals surface area contributed by atoms with Crippen LogP contribution in [0.1, 0.15) is 27.2 Å². The van der Waals surface area contributed by atoms with Gasteiger partial charge in [-0.1, -0.05) is 33.4 Å². The Hall–Kier alpha value is -1.34. The molecule has 1 amide bonds. The Bertz CT molecular complexity index is 458. The van der Waals surface area contributed by atoms with Gasteiger partial charge >= 0.3 is 12.1 Å². The molecule has 23 heavy (non-hydrogen) atoms. The molecule has 1 fully saturated rings. The fraction of sp³-hybridized carbons (Fsp3) is 0.750. The van der Waals surface area contributed by atoms with Gasteiger partial charge < -0.3 is 13.9 Å². The monoisotopic (exact) mass is 343 g/mol. The van der Waals surface area contributed by atoms with Gasteiger partial charge in [0.2, 0.25) is 0 Å². The molecule has 0 aromatic heterocycles. The first-order valence-corrected chi connectivity index (χ1v) is 10.7. The summed E-state index contributed by atoms with van der Waals surface area (Å²) < 4.78 is 16.2. The number of rotatable bonds is 5. The Morgan fingerprint density at radius 1 is 1.35 bits per heavy atom. The number of esters is 1. The van der Waals surface area contributed by atoms with Crippen molar-refractivity contribution < 1.29 is 23.5 Å². The van der Waals surface area contributed by atoms with Gasteiger partial charge in [-0.15, -0.1) is 0 Å². The zero-order chi connectivity index (χ0) is 17.8. The molecule has 0 aromatic rings. The number of likely N-dealkylation sites (tertiary alicyclic amines) is 1. The molecular weight excluding hydrogens is 314 g/mol. The standard InChI is InChI=1S/C16H29NO5Si/c1-8-9-21-15(19)17-11-12(10-13(17)14(18)20-5)22-23(6,7)16(2,3)4/h8,12-13H,1,9-11H2,2-7H3/t12-,13+/m1/s1. The molecule has 0 aliphatic carbocycles. The number of nitrogens with zero attached hydrogens (tertiary/aromatic N) is 1. The van der Waals surface area contributed by atoms with E-state index in [1.54, 1.807) is 0 Å². The summed E-state index contributed by atoms with van der Waals surface area (Å²) in [5.41, 5.74) is 0. The zero-order valence-electron chi connectivity index (χ0n) is 15.0. The number of ether oxygens (including phenoxy) is 2. The molecule has 1 rings (SSSR count). The summed E-state index contributed by atoms with van der Waals surface area (Å²) in [7, 11) is -0.664. The molecule has 0 saturated carbocycles. The van der Waals surface area contributed by atoms with E-state index in [1.807, 2.05) is 0 Å². The average Bonchev–Trinajstić information content (AvgIpc) is 2.85. The summed E-state index contributed by atoms with van der Waals surface area (Å²) in [6, 6.07) is -0.660. The number of hydrogen-bond donors (Lipinski definition) is 0. The Morgan fingerprint density at radius 2 is 1.96 bits per heavy atom. The first-order valence-electron chi connectivity index (χ1n) is 7.83. The first kappa shape index (κ1) is 19.7. The maximum Gasteiger partial charge on any atom is 0.410 e. The Morgan fingerprint density at radius 3 is 2.43 bits per heavy atom. The van der Waals surface area contributed by atoms with E-state index in [0.29, 0.717) is 13.0 Å². The van der Waals surface area contributed by atoms with E-state index in [4.69, 9.17) is 13.9 Å². The zero-order valence-corrected chi connectivity index (χ0v) is 16.0. The van der Waals surface area contributed by atoms with Crippen LogP contribution in [0.25, 0.3) is 0 Å². The molecule has 1 aliphatic heterocycles. The van der Waals surface area contributed by atoms with Gasteiger partial charge in [-0.05, 0) is 18.1 Å². The van der Waals surface area contributed by atoms with Crippen molar-refractivity contribution in [2.24, 2.45) is 0 Å². The van der Waals surface area contributed by atoms with Gasteiger partial charge in [0, 0.05) is 13.0 Å². The second kappa shape index (κ2) is 7.48. The summed E-state index contributed by atoms with van der Waals surface area (Å²) in [5, 5.41) is 0.0601. The predicted molar refractivity (Wildman–Crippen MR) is 90.7 cm³/mol. The summed E-state index contributed by atoms with van der Waals surface area (Å²) in [4.78, 5) is 25.5. The lowest BCUT2D eigenvalue weighted by Gasteiger charge is -2.38. The maximum atomic E-state index is 12.1. The normalized spacial score (nSPS) is 21.9. The van der Waals surface area contributed by atoms with E-state index in [1.165, 1.54) is 18.1 Å². The van der Waals surface area contributed by atoms with Crippen LogP contribution in [0.15, 0.2) is 12.7 Å². The van der Waals surface area contributed by atoms with Gasteiger partial charge in [-0.2, -0.15) is 0 Å². The molecule has 0 aromatic carbocycles. The second-order valence-electron chi connectivity index (χ2n) is 7.29. The lowest BCUT2D eigenvalue weighted by molar-refractivity contribution is -0.145. The molecule has 6 nitrogen and oxygen atoms in total. The molecule has 0 spiro atoms. The van der Waals surface area contributed by atoms with Crippen molar-refractivity contribution in [2.45, 2.75) is 57.5 Å². The third-order valence-corrected chi connectivity index (χ3v) is 9.10. The van der Waals surface area contributed by atoms with Crippen molar-refractivity contribution in [1.82, 2.24) is 4.90 Å². The number of hydrogen-bond acceptors (Lipinski definition) is 5. The number of methoxy groups -OCH3 is 1. The third-order valence-electron chi connectivity index (χ3n) is 4.56. The lowest BCUT2D eigenvalue weighted by Crippen LogP contribution is -2.45. The highest BCUT2D eigenvalue weighted by Gasteiger charge is 2.46. The molecule has 0 N–H and O–H groups in total. The van der Waals surface area contributed by atoms with E-state index >= 15 is 0 Å². The van der Waals surface area contributed by atoms with Crippen molar-refractivity contribution in [3.8, 4) is 0 Å². The fourth-order valence-corrected chi connectivity index (χ4v) is 3.61. The van der Waals surface area contributed by atoms with Gasteiger partial charge in [-0.25, -0.2) is 9.59 Å². The van der Waals surface area contributed by atoms with Crippen molar-refractivity contribution in [1.29, 1.82) is 0 Å². The summed E-state index contributed by atoms with van der Waals surface area (Å²) in [6.45, 7) is 14.7. The number of amides is 1. The quantitative estimate of drug-likeness (QED) is 0.436. The van der Waals surface area contributed by atoms with Crippen LogP contribution in [0, 0.1) is 0 Å². The van der Waals surface area contributed by atoms with Crippen molar-refractivity contribution in [3.05, 3.63) is 12.7 Å². The highest BCUT2D eigenvalue weighted by molar-refractivity contribution is 6.74. The van der Waals surface area contributed by atoms with Gasteiger partial charge in [0.25, 0.3) is 0 Å². The van der Waals surface area contributed by atoms with Crippen molar-refractivity contribution in [3.63, 3.8) is 0 Å². The van der Waals surface area contributed by atoms with E-state index in [9.17, 15) is 9.59 Å². The highest BCUT2D eigenvalue weighted by atomic mass is 28.4. The van der Waals surface area contributed by atoms with E-state index in [2.05, 4.69) is 40.4 Å². The first-order chi connectivity index (χ1) is 10.5. The van der Waals surface area contributed by atoms with Crippen LogP contribution in [-0.4, -0.2) is 57.7 Å². The lowest BCUT2D eigenvalue weighted by atomic mass is 10.2. The molecule has 1 aliphatic rings.